The number of benzene rings is 1. The van der Waals surface area contributed by atoms with Crippen molar-refractivity contribution in [3.8, 4) is 5.75 Å². The van der Waals surface area contributed by atoms with Gasteiger partial charge < -0.3 is 4.74 Å². The van der Waals surface area contributed by atoms with Crippen molar-refractivity contribution in [2.24, 2.45) is 0 Å². The first-order valence-corrected chi connectivity index (χ1v) is 7.85. The zero-order valence-electron chi connectivity index (χ0n) is 11.4. The van der Waals surface area contributed by atoms with E-state index in [0.717, 1.165) is 17.2 Å². The number of nitrogens with one attached hydrogen (secondary N) is 1. The van der Waals surface area contributed by atoms with Gasteiger partial charge >= 0.3 is 0 Å². The van der Waals surface area contributed by atoms with E-state index in [1.807, 2.05) is 6.07 Å². The van der Waals surface area contributed by atoms with Crippen molar-refractivity contribution < 1.29 is 14.3 Å². The number of Topliss-reactive ketones (excluding diaryl/α,β-unsaturated/α-hetero) is 1. The molecule has 2 heterocycles. The molecule has 9 heteroatoms. The SMILES string of the molecule is CC(=O)c1csc(NC(=O)COc2cccc3nsnc23)n1. The summed E-state index contributed by atoms with van der Waals surface area (Å²) in [7, 11) is 0. The Balaban J connectivity index is 1.62. The van der Waals surface area contributed by atoms with Crippen LogP contribution >= 0.6 is 23.1 Å². The molecule has 0 bridgehead atoms. The quantitative estimate of drug-likeness (QED) is 0.720. The third kappa shape index (κ3) is 3.10. The normalized spacial score (nSPS) is 10.6. The maximum Gasteiger partial charge on any atom is 0.264 e. The molecule has 22 heavy (non-hydrogen) atoms. The second kappa shape index (κ2) is 6.16. The summed E-state index contributed by atoms with van der Waals surface area (Å²) in [6.07, 6.45) is 0. The number of fused-ring (bicyclic) bond motifs is 1. The van der Waals surface area contributed by atoms with Crippen LogP contribution in [0.15, 0.2) is 23.6 Å². The van der Waals surface area contributed by atoms with Gasteiger partial charge in [-0.2, -0.15) is 8.75 Å². The number of carbonyl (C=O) groups excluding carboxylic acids is 2. The summed E-state index contributed by atoms with van der Waals surface area (Å²) in [6, 6.07) is 5.34. The maximum absolute atomic E-state index is 11.9. The highest BCUT2D eigenvalue weighted by atomic mass is 32.1. The summed E-state index contributed by atoms with van der Waals surface area (Å²) in [5, 5.41) is 4.55. The molecule has 0 unspecified atom stereocenters. The van der Waals surface area contributed by atoms with Gasteiger partial charge in [-0.25, -0.2) is 4.98 Å². The Labute approximate surface area is 133 Å². The van der Waals surface area contributed by atoms with Gasteiger partial charge in [0.15, 0.2) is 17.5 Å². The van der Waals surface area contributed by atoms with Crippen molar-refractivity contribution in [3.63, 3.8) is 0 Å². The lowest BCUT2D eigenvalue weighted by Crippen LogP contribution is -2.20. The van der Waals surface area contributed by atoms with Gasteiger partial charge in [0.05, 0.1) is 11.7 Å². The average molecular weight is 334 g/mol. The Morgan fingerprint density at radius 3 is 2.95 bits per heavy atom. The fourth-order valence-electron chi connectivity index (χ4n) is 1.69. The van der Waals surface area contributed by atoms with Gasteiger partial charge in [-0.15, -0.1) is 11.3 Å². The van der Waals surface area contributed by atoms with Crippen molar-refractivity contribution in [1.82, 2.24) is 13.7 Å². The van der Waals surface area contributed by atoms with Crippen LogP contribution in [0, 0.1) is 0 Å². The molecule has 0 saturated heterocycles. The predicted molar refractivity (Wildman–Crippen MR) is 83.7 cm³/mol. The number of ketones is 1. The first-order valence-electron chi connectivity index (χ1n) is 6.24. The minimum absolute atomic E-state index is 0.143. The molecule has 112 valence electrons. The molecular weight excluding hydrogens is 324 g/mol. The Kier molecular flexibility index (Phi) is 4.07. The van der Waals surface area contributed by atoms with E-state index in [1.165, 1.54) is 18.3 Å². The number of carbonyl (C=O) groups is 2. The lowest BCUT2D eigenvalue weighted by molar-refractivity contribution is -0.118. The van der Waals surface area contributed by atoms with Crippen LogP contribution < -0.4 is 10.1 Å². The predicted octanol–water partition coefficient (Wildman–Crippen LogP) is 2.37. The topological polar surface area (TPSA) is 94.1 Å². The van der Waals surface area contributed by atoms with Crippen molar-refractivity contribution in [2.45, 2.75) is 6.92 Å². The minimum Gasteiger partial charge on any atom is -0.481 e. The molecule has 3 rings (SSSR count). The van der Waals surface area contributed by atoms with E-state index >= 15 is 0 Å². The number of hydrogen-bond donors (Lipinski definition) is 1. The number of nitrogens with zero attached hydrogens (tertiary/aromatic N) is 3. The molecule has 0 saturated carbocycles. The number of ether oxygens (including phenoxy) is 1. The Bertz CT molecular complexity index is 843. The lowest BCUT2D eigenvalue weighted by atomic mass is 10.3. The van der Waals surface area contributed by atoms with Crippen LogP contribution in [0.1, 0.15) is 17.4 Å². The fraction of sp³-hybridized carbons (Fsp3) is 0.154. The van der Waals surface area contributed by atoms with Crippen LogP contribution in [0.3, 0.4) is 0 Å². The first kappa shape index (κ1) is 14.5. The molecule has 7 nitrogen and oxygen atoms in total. The molecule has 0 fully saturated rings. The molecule has 3 aromatic rings. The van der Waals surface area contributed by atoms with E-state index < -0.39 is 0 Å². The molecule has 1 amide bonds. The summed E-state index contributed by atoms with van der Waals surface area (Å²) in [6.45, 7) is 1.25. The molecule has 2 aromatic heterocycles. The highest BCUT2D eigenvalue weighted by Crippen LogP contribution is 2.23. The Morgan fingerprint density at radius 2 is 2.18 bits per heavy atom. The molecule has 0 spiro atoms. The number of thiazole rings is 1. The highest BCUT2D eigenvalue weighted by molar-refractivity contribution is 7.14. The van der Waals surface area contributed by atoms with Gasteiger partial charge in [-0.1, -0.05) is 6.07 Å². The monoisotopic (exact) mass is 334 g/mol. The third-order valence-corrected chi connectivity index (χ3v) is 4.02. The molecule has 0 aliphatic rings. The van der Waals surface area contributed by atoms with Crippen LogP contribution in [-0.2, 0) is 4.79 Å². The number of anilines is 1. The van der Waals surface area contributed by atoms with Gasteiger partial charge in [0, 0.05) is 12.3 Å². The molecule has 0 aliphatic carbocycles. The van der Waals surface area contributed by atoms with Crippen molar-refractivity contribution in [1.29, 1.82) is 0 Å². The van der Waals surface area contributed by atoms with Crippen LogP contribution in [0.4, 0.5) is 5.13 Å². The summed E-state index contributed by atoms with van der Waals surface area (Å²) in [5.41, 5.74) is 1.70. The van der Waals surface area contributed by atoms with Gasteiger partial charge in [0.1, 0.15) is 22.5 Å². The lowest BCUT2D eigenvalue weighted by Gasteiger charge is -2.05. The van der Waals surface area contributed by atoms with Crippen LogP contribution in [0.5, 0.6) is 5.75 Å². The molecule has 0 atom stereocenters. The zero-order valence-corrected chi connectivity index (χ0v) is 13.0. The van der Waals surface area contributed by atoms with Crippen LogP contribution in [-0.4, -0.2) is 32.0 Å². The second-order valence-electron chi connectivity index (χ2n) is 4.32. The van der Waals surface area contributed by atoms with E-state index in [-0.39, 0.29) is 18.3 Å². The average Bonchev–Trinajstić information content (AvgIpc) is 3.13. The third-order valence-electron chi connectivity index (χ3n) is 2.72. The van der Waals surface area contributed by atoms with Crippen LogP contribution in [0.25, 0.3) is 11.0 Å². The van der Waals surface area contributed by atoms with Crippen LogP contribution in [0.2, 0.25) is 0 Å². The standard InChI is InChI=1S/C13H10N4O3S2/c1-7(18)9-6-21-13(14-9)15-11(19)5-20-10-4-2-3-8-12(10)17-22-16-8/h2-4,6H,5H2,1H3,(H,14,15,19). The second-order valence-corrected chi connectivity index (χ2v) is 5.71. The van der Waals surface area contributed by atoms with E-state index in [9.17, 15) is 9.59 Å². The van der Waals surface area contributed by atoms with Crippen molar-refractivity contribution >= 4 is 50.9 Å². The van der Waals surface area contributed by atoms with E-state index in [4.69, 9.17) is 4.74 Å². The largest absolute Gasteiger partial charge is 0.481 e. The Hall–Kier alpha value is -2.39. The molecule has 1 aromatic carbocycles. The molecular formula is C13H10N4O3S2. The fourth-order valence-corrected chi connectivity index (χ4v) is 3.00. The molecule has 1 N–H and O–H groups in total. The number of rotatable bonds is 5. The van der Waals surface area contributed by atoms with Gasteiger partial charge in [-0.05, 0) is 12.1 Å². The number of hydrogen-bond acceptors (Lipinski definition) is 8. The molecule has 0 aliphatic heterocycles. The summed E-state index contributed by atoms with van der Waals surface area (Å²) in [4.78, 5) is 27.0. The van der Waals surface area contributed by atoms with E-state index in [2.05, 4.69) is 19.0 Å². The van der Waals surface area contributed by atoms with Crippen molar-refractivity contribution in [3.05, 3.63) is 29.3 Å². The first-order chi connectivity index (χ1) is 10.6. The van der Waals surface area contributed by atoms with Gasteiger partial charge in [-0.3, -0.25) is 14.9 Å². The van der Waals surface area contributed by atoms with Gasteiger partial charge in [0.25, 0.3) is 5.91 Å². The van der Waals surface area contributed by atoms with E-state index in [1.54, 1.807) is 17.5 Å². The summed E-state index contributed by atoms with van der Waals surface area (Å²) < 4.78 is 13.7. The maximum atomic E-state index is 11.9. The van der Waals surface area contributed by atoms with E-state index in [0.29, 0.717) is 22.1 Å². The summed E-state index contributed by atoms with van der Waals surface area (Å²) >= 11 is 2.28. The summed E-state index contributed by atoms with van der Waals surface area (Å²) in [5.74, 6) is 0.00492. The van der Waals surface area contributed by atoms with Gasteiger partial charge in [0.2, 0.25) is 0 Å². The minimum atomic E-state index is -0.357. The smallest absolute Gasteiger partial charge is 0.264 e. The highest BCUT2D eigenvalue weighted by Gasteiger charge is 2.11. The Morgan fingerprint density at radius 1 is 1.32 bits per heavy atom. The van der Waals surface area contributed by atoms with Crippen molar-refractivity contribution in [2.75, 3.05) is 11.9 Å². The number of amides is 1. The zero-order chi connectivity index (χ0) is 15.5. The number of aromatic nitrogens is 3. The molecule has 0 radical (unpaired) electrons.